The third kappa shape index (κ3) is 6.33. The summed E-state index contributed by atoms with van der Waals surface area (Å²) in [5.41, 5.74) is 3.78. The lowest BCUT2D eigenvalue weighted by atomic mass is 10.0. The van der Waals surface area contributed by atoms with Crippen LogP contribution in [0.2, 0.25) is 0 Å². The van der Waals surface area contributed by atoms with Gasteiger partial charge in [-0.05, 0) is 56.7 Å². The van der Waals surface area contributed by atoms with Crippen LogP contribution in [0.3, 0.4) is 0 Å². The van der Waals surface area contributed by atoms with Crippen LogP contribution in [-0.4, -0.2) is 67.8 Å². The second kappa shape index (κ2) is 11.4. The second-order valence-corrected chi connectivity index (χ2v) is 9.03. The summed E-state index contributed by atoms with van der Waals surface area (Å²) in [6.07, 6.45) is 5.80. The van der Waals surface area contributed by atoms with E-state index < -0.39 is 6.09 Å². The molecule has 34 heavy (non-hydrogen) atoms. The van der Waals surface area contributed by atoms with E-state index in [-0.39, 0.29) is 5.95 Å². The van der Waals surface area contributed by atoms with Crippen LogP contribution in [0.4, 0.5) is 10.7 Å². The van der Waals surface area contributed by atoms with Crippen molar-refractivity contribution in [3.63, 3.8) is 0 Å². The minimum Gasteiger partial charge on any atom is -0.465 e. The Balaban J connectivity index is 0.000000846. The highest BCUT2D eigenvalue weighted by Crippen LogP contribution is 2.23. The number of aromatic nitrogens is 3. The molecular formula is C26H36N6O2. The third-order valence-electron chi connectivity index (χ3n) is 6.47. The van der Waals surface area contributed by atoms with Gasteiger partial charge in [-0.3, -0.25) is 10.2 Å². The molecule has 5 rings (SSSR count). The molecule has 1 aliphatic heterocycles. The summed E-state index contributed by atoms with van der Waals surface area (Å²) in [4.78, 5) is 20.2. The fraction of sp³-hybridized carbons (Fsp3) is 0.500. The summed E-state index contributed by atoms with van der Waals surface area (Å²) in [6.45, 7) is 10.0. The molecule has 1 amide bonds. The molecule has 3 heterocycles. The molecule has 1 aromatic carbocycles. The van der Waals surface area contributed by atoms with Gasteiger partial charge < -0.3 is 10.0 Å². The maximum Gasteiger partial charge on any atom is 0.411 e. The number of anilines is 1. The number of hydrogen-bond donors (Lipinski definition) is 2. The van der Waals surface area contributed by atoms with Crippen molar-refractivity contribution in [3.05, 3.63) is 48.0 Å². The number of pyridine rings is 1. The van der Waals surface area contributed by atoms with Crippen molar-refractivity contribution in [3.8, 4) is 11.3 Å². The Bertz CT molecular complexity index is 1060. The van der Waals surface area contributed by atoms with Crippen LogP contribution in [0.15, 0.2) is 42.5 Å². The van der Waals surface area contributed by atoms with Crippen LogP contribution < -0.4 is 5.32 Å². The number of carbonyl (C=O) groups is 1. The second-order valence-electron chi connectivity index (χ2n) is 9.03. The van der Waals surface area contributed by atoms with Crippen molar-refractivity contribution in [2.45, 2.75) is 58.5 Å². The van der Waals surface area contributed by atoms with Gasteiger partial charge in [0.2, 0.25) is 0 Å². The molecule has 1 saturated heterocycles. The first-order valence-corrected chi connectivity index (χ1v) is 12.5. The predicted octanol–water partition coefficient (Wildman–Crippen LogP) is 4.96. The van der Waals surface area contributed by atoms with Gasteiger partial charge in [-0.15, -0.1) is 5.10 Å². The molecule has 2 aliphatic rings. The largest absolute Gasteiger partial charge is 0.465 e. The Morgan fingerprint density at radius 3 is 2.32 bits per heavy atom. The van der Waals surface area contributed by atoms with Gasteiger partial charge in [0.05, 0.1) is 5.69 Å². The van der Waals surface area contributed by atoms with Gasteiger partial charge in [-0.25, -0.2) is 9.31 Å². The van der Waals surface area contributed by atoms with Crippen LogP contribution in [0.5, 0.6) is 0 Å². The third-order valence-corrected chi connectivity index (χ3v) is 6.47. The number of likely N-dealkylation sites (tertiary alicyclic amines) is 1. The lowest BCUT2D eigenvalue weighted by molar-refractivity contribution is 0.113. The first kappa shape index (κ1) is 24.2. The van der Waals surface area contributed by atoms with Crippen molar-refractivity contribution in [1.82, 2.24) is 24.4 Å². The lowest BCUT2D eigenvalue weighted by Crippen LogP contribution is -2.44. The number of fused-ring (bicyclic) bond motifs is 1. The molecular weight excluding hydrogens is 428 g/mol. The standard InChI is InChI=1S/C23H30N6O2.C3H6/c1-3-28(4-2)19-12-14-27(15-13-19)16-17-8-10-18(11-9-17)20-6-5-7-21-24-22(25-23(30)31)26-29(20)21;1-2-3-1/h5-11,19H,3-4,12-16H2,1-2H3,(H,25,26)(H,30,31);1-3H2. The number of carboxylic acid groups (broad SMARTS) is 1. The van der Waals surface area contributed by atoms with Gasteiger partial charge >= 0.3 is 6.09 Å². The van der Waals surface area contributed by atoms with E-state index in [9.17, 15) is 4.79 Å². The highest BCUT2D eigenvalue weighted by atomic mass is 16.4. The van der Waals surface area contributed by atoms with Gasteiger partial charge in [-0.2, -0.15) is 4.98 Å². The monoisotopic (exact) mass is 464 g/mol. The van der Waals surface area contributed by atoms with Gasteiger partial charge in [0.15, 0.2) is 5.65 Å². The smallest absolute Gasteiger partial charge is 0.411 e. The zero-order chi connectivity index (χ0) is 23.9. The molecule has 8 nitrogen and oxygen atoms in total. The predicted molar refractivity (Wildman–Crippen MR) is 135 cm³/mol. The quantitative estimate of drug-likeness (QED) is 0.514. The molecule has 0 bridgehead atoms. The zero-order valence-corrected chi connectivity index (χ0v) is 20.3. The van der Waals surface area contributed by atoms with Crippen LogP contribution in [-0.2, 0) is 6.54 Å². The Hall–Kier alpha value is -2.97. The fourth-order valence-electron chi connectivity index (χ4n) is 4.49. The van der Waals surface area contributed by atoms with E-state index in [2.05, 4.69) is 63.3 Å². The summed E-state index contributed by atoms with van der Waals surface area (Å²) >= 11 is 0. The molecule has 0 unspecified atom stereocenters. The molecule has 1 saturated carbocycles. The van der Waals surface area contributed by atoms with E-state index in [0.29, 0.717) is 5.65 Å². The Labute approximate surface area is 201 Å². The molecule has 0 spiro atoms. The SMILES string of the molecule is C1CC1.CCN(CC)C1CCN(Cc2ccc(-c3cccc4nc(NC(=O)O)nn34)cc2)CC1. The van der Waals surface area contributed by atoms with Crippen LogP contribution in [0.25, 0.3) is 16.9 Å². The maximum absolute atomic E-state index is 10.9. The molecule has 2 aromatic heterocycles. The van der Waals surface area contributed by atoms with Gasteiger partial charge in [-0.1, -0.05) is 63.4 Å². The van der Waals surface area contributed by atoms with E-state index >= 15 is 0 Å². The summed E-state index contributed by atoms with van der Waals surface area (Å²) in [6, 6.07) is 14.9. The number of amides is 1. The summed E-state index contributed by atoms with van der Waals surface area (Å²) in [7, 11) is 0. The molecule has 1 aliphatic carbocycles. The number of nitrogens with one attached hydrogen (secondary N) is 1. The average Bonchev–Trinajstić information content (AvgIpc) is 3.67. The summed E-state index contributed by atoms with van der Waals surface area (Å²) < 4.78 is 1.66. The topological polar surface area (TPSA) is 86.0 Å². The zero-order valence-electron chi connectivity index (χ0n) is 20.3. The summed E-state index contributed by atoms with van der Waals surface area (Å²) in [5.74, 6) is 0.0738. The molecule has 0 radical (unpaired) electrons. The highest BCUT2D eigenvalue weighted by Gasteiger charge is 2.22. The van der Waals surface area contributed by atoms with Crippen molar-refractivity contribution >= 4 is 17.7 Å². The van der Waals surface area contributed by atoms with Crippen molar-refractivity contribution < 1.29 is 9.90 Å². The van der Waals surface area contributed by atoms with E-state index in [1.165, 1.54) is 37.7 Å². The van der Waals surface area contributed by atoms with E-state index in [4.69, 9.17) is 5.11 Å². The molecule has 8 heteroatoms. The minimum absolute atomic E-state index is 0.0738. The van der Waals surface area contributed by atoms with Crippen LogP contribution >= 0.6 is 0 Å². The van der Waals surface area contributed by atoms with Crippen LogP contribution in [0, 0.1) is 0 Å². The van der Waals surface area contributed by atoms with Crippen molar-refractivity contribution in [1.29, 1.82) is 0 Å². The first-order chi connectivity index (χ1) is 16.6. The van der Waals surface area contributed by atoms with Gasteiger partial charge in [0.1, 0.15) is 0 Å². The fourth-order valence-corrected chi connectivity index (χ4v) is 4.49. The highest BCUT2D eigenvalue weighted by molar-refractivity contribution is 5.80. The minimum atomic E-state index is -1.18. The van der Waals surface area contributed by atoms with E-state index in [1.807, 2.05) is 12.1 Å². The number of piperidine rings is 1. The molecule has 3 aromatic rings. The number of nitrogens with zero attached hydrogens (tertiary/aromatic N) is 5. The van der Waals surface area contributed by atoms with Crippen molar-refractivity contribution in [2.75, 3.05) is 31.5 Å². The van der Waals surface area contributed by atoms with Crippen molar-refractivity contribution in [2.24, 2.45) is 0 Å². The van der Waals surface area contributed by atoms with E-state index in [0.717, 1.165) is 50.0 Å². The van der Waals surface area contributed by atoms with E-state index in [1.54, 1.807) is 10.6 Å². The van der Waals surface area contributed by atoms with Gasteiger partial charge in [0.25, 0.3) is 5.95 Å². The number of hydrogen-bond acceptors (Lipinski definition) is 5. The Kier molecular flexibility index (Phi) is 8.13. The summed E-state index contributed by atoms with van der Waals surface area (Å²) in [5, 5.41) is 15.4. The Morgan fingerprint density at radius 2 is 1.74 bits per heavy atom. The average molecular weight is 465 g/mol. The molecule has 0 atom stereocenters. The van der Waals surface area contributed by atoms with Crippen LogP contribution in [0.1, 0.15) is 51.5 Å². The normalized spacial score (nSPS) is 16.3. The first-order valence-electron chi connectivity index (χ1n) is 12.5. The lowest BCUT2D eigenvalue weighted by Gasteiger charge is -2.37. The molecule has 182 valence electrons. The van der Waals surface area contributed by atoms with Gasteiger partial charge in [0, 0.05) is 18.2 Å². The molecule has 2 N–H and O–H groups in total. The molecule has 2 fully saturated rings. The number of benzene rings is 1. The number of rotatable bonds is 7. The maximum atomic E-state index is 10.9. The Morgan fingerprint density at radius 1 is 1.06 bits per heavy atom.